The molecule has 0 bridgehead atoms. The summed E-state index contributed by atoms with van der Waals surface area (Å²) in [6.45, 7) is 0. The second-order valence-electron chi connectivity index (χ2n) is 3.12. The molecular formula is C9H8F2N4. The van der Waals surface area contributed by atoms with Crippen LogP contribution in [-0.4, -0.2) is 14.8 Å². The maximum atomic E-state index is 13.0. The smallest absolute Gasteiger partial charge is 0.165 e. The van der Waals surface area contributed by atoms with Crippen molar-refractivity contribution in [3.05, 3.63) is 30.1 Å². The topological polar surface area (TPSA) is 56.7 Å². The zero-order valence-electron chi connectivity index (χ0n) is 7.91. The number of anilines is 1. The minimum Gasteiger partial charge on any atom is -0.398 e. The van der Waals surface area contributed by atoms with Gasteiger partial charge in [0.2, 0.25) is 0 Å². The Balaban J connectivity index is 2.64. The average Bonchev–Trinajstić information content (AvgIpc) is 2.58. The molecule has 0 saturated heterocycles. The molecule has 0 radical (unpaired) electrons. The Hall–Kier alpha value is -1.98. The largest absolute Gasteiger partial charge is 0.398 e. The van der Waals surface area contributed by atoms with Crippen LogP contribution in [0.5, 0.6) is 0 Å². The molecule has 0 aliphatic heterocycles. The normalized spacial score (nSPS) is 10.6. The molecule has 15 heavy (non-hydrogen) atoms. The summed E-state index contributed by atoms with van der Waals surface area (Å²) >= 11 is 0. The van der Waals surface area contributed by atoms with E-state index in [0.29, 0.717) is 11.4 Å². The van der Waals surface area contributed by atoms with Crippen molar-refractivity contribution in [1.82, 2.24) is 14.8 Å². The van der Waals surface area contributed by atoms with Gasteiger partial charge in [-0.3, -0.25) is 0 Å². The molecule has 1 aromatic heterocycles. The van der Waals surface area contributed by atoms with E-state index in [4.69, 9.17) is 5.73 Å². The van der Waals surface area contributed by atoms with Gasteiger partial charge < -0.3 is 10.3 Å². The van der Waals surface area contributed by atoms with Crippen LogP contribution in [0.2, 0.25) is 0 Å². The van der Waals surface area contributed by atoms with E-state index in [2.05, 4.69) is 10.2 Å². The lowest BCUT2D eigenvalue weighted by molar-refractivity contribution is 0.509. The molecule has 0 aliphatic carbocycles. The molecule has 0 saturated carbocycles. The average molecular weight is 210 g/mol. The summed E-state index contributed by atoms with van der Waals surface area (Å²) in [6, 6.07) is 1.94. The zero-order chi connectivity index (χ0) is 11.0. The number of halogens is 2. The number of rotatable bonds is 1. The number of benzene rings is 1. The monoisotopic (exact) mass is 210 g/mol. The Bertz CT molecular complexity index is 507. The molecule has 2 aromatic rings. The molecule has 0 aliphatic rings. The van der Waals surface area contributed by atoms with E-state index in [1.807, 2.05) is 0 Å². The Morgan fingerprint density at radius 2 is 1.93 bits per heavy atom. The van der Waals surface area contributed by atoms with Crippen LogP contribution >= 0.6 is 0 Å². The van der Waals surface area contributed by atoms with Crippen LogP contribution < -0.4 is 5.73 Å². The number of aryl methyl sites for hydroxylation is 1. The van der Waals surface area contributed by atoms with Gasteiger partial charge in [-0.2, -0.15) is 0 Å². The highest BCUT2D eigenvalue weighted by Crippen LogP contribution is 2.25. The predicted molar refractivity (Wildman–Crippen MR) is 50.8 cm³/mol. The van der Waals surface area contributed by atoms with E-state index in [0.717, 1.165) is 12.1 Å². The van der Waals surface area contributed by atoms with Crippen LogP contribution in [0, 0.1) is 11.6 Å². The predicted octanol–water partition coefficient (Wildman–Crippen LogP) is 1.34. The van der Waals surface area contributed by atoms with E-state index >= 15 is 0 Å². The van der Waals surface area contributed by atoms with E-state index in [1.165, 1.54) is 6.33 Å². The summed E-state index contributed by atoms with van der Waals surface area (Å²) in [4.78, 5) is 0. The summed E-state index contributed by atoms with van der Waals surface area (Å²) in [5.41, 5.74) is 6.02. The molecule has 0 spiro atoms. The summed E-state index contributed by atoms with van der Waals surface area (Å²) in [6.07, 6.45) is 1.45. The molecule has 1 aromatic carbocycles. The molecule has 1 heterocycles. The van der Waals surface area contributed by atoms with Crippen molar-refractivity contribution in [2.75, 3.05) is 5.73 Å². The number of nitrogens with two attached hydrogens (primary N) is 1. The van der Waals surface area contributed by atoms with Crippen molar-refractivity contribution >= 4 is 5.69 Å². The van der Waals surface area contributed by atoms with Crippen LogP contribution in [0.4, 0.5) is 14.5 Å². The molecule has 0 atom stereocenters. The van der Waals surface area contributed by atoms with Gasteiger partial charge in [0.05, 0.1) is 0 Å². The van der Waals surface area contributed by atoms with Crippen molar-refractivity contribution in [2.45, 2.75) is 0 Å². The Morgan fingerprint density at radius 1 is 1.27 bits per heavy atom. The summed E-state index contributed by atoms with van der Waals surface area (Å²) in [5, 5.41) is 7.39. The van der Waals surface area contributed by atoms with Crippen LogP contribution in [0.25, 0.3) is 11.4 Å². The number of nitrogens with zero attached hydrogens (tertiary/aromatic N) is 3. The van der Waals surface area contributed by atoms with E-state index in [-0.39, 0.29) is 5.69 Å². The van der Waals surface area contributed by atoms with Gasteiger partial charge in [-0.05, 0) is 6.07 Å². The first-order valence-corrected chi connectivity index (χ1v) is 4.18. The molecule has 0 unspecified atom stereocenters. The molecule has 4 nitrogen and oxygen atoms in total. The second-order valence-corrected chi connectivity index (χ2v) is 3.12. The summed E-state index contributed by atoms with van der Waals surface area (Å²) in [5.74, 6) is -1.54. The van der Waals surface area contributed by atoms with E-state index < -0.39 is 11.6 Å². The fourth-order valence-corrected chi connectivity index (χ4v) is 1.28. The first-order valence-electron chi connectivity index (χ1n) is 4.18. The van der Waals surface area contributed by atoms with Gasteiger partial charge in [0.25, 0.3) is 0 Å². The van der Waals surface area contributed by atoms with Crippen molar-refractivity contribution in [2.24, 2.45) is 7.05 Å². The minimum atomic E-state index is -0.974. The zero-order valence-corrected chi connectivity index (χ0v) is 7.91. The number of hydrogen-bond donors (Lipinski definition) is 1. The minimum absolute atomic E-state index is 0.130. The van der Waals surface area contributed by atoms with Gasteiger partial charge >= 0.3 is 0 Å². The van der Waals surface area contributed by atoms with Gasteiger partial charge in [-0.15, -0.1) is 10.2 Å². The molecule has 2 N–H and O–H groups in total. The first kappa shape index (κ1) is 9.57. The maximum Gasteiger partial charge on any atom is 0.165 e. The van der Waals surface area contributed by atoms with Crippen molar-refractivity contribution < 1.29 is 8.78 Å². The fraction of sp³-hybridized carbons (Fsp3) is 0.111. The quantitative estimate of drug-likeness (QED) is 0.722. The Morgan fingerprint density at radius 3 is 2.53 bits per heavy atom. The second kappa shape index (κ2) is 3.30. The van der Waals surface area contributed by atoms with Gasteiger partial charge in [0.15, 0.2) is 17.5 Å². The van der Waals surface area contributed by atoms with Gasteiger partial charge in [0.1, 0.15) is 6.33 Å². The molecular weight excluding hydrogens is 202 g/mol. The standard InChI is InChI=1S/C9H8F2N4/c1-15-4-13-14-9(15)5-2-6(10)7(11)3-8(5)12/h2-4H,12H2,1H3. The fourth-order valence-electron chi connectivity index (χ4n) is 1.28. The molecule has 0 amide bonds. The third kappa shape index (κ3) is 1.54. The van der Waals surface area contributed by atoms with E-state index in [9.17, 15) is 8.78 Å². The lowest BCUT2D eigenvalue weighted by Gasteiger charge is -2.05. The molecule has 0 fully saturated rings. The number of nitrogen functional groups attached to an aromatic ring is 1. The summed E-state index contributed by atoms with van der Waals surface area (Å²) in [7, 11) is 1.69. The highest BCUT2D eigenvalue weighted by molar-refractivity contribution is 5.71. The van der Waals surface area contributed by atoms with Crippen LogP contribution in [0.15, 0.2) is 18.5 Å². The highest BCUT2D eigenvalue weighted by atomic mass is 19.2. The third-order valence-electron chi connectivity index (χ3n) is 2.04. The lowest BCUT2D eigenvalue weighted by atomic mass is 10.1. The maximum absolute atomic E-state index is 13.0. The SMILES string of the molecule is Cn1cnnc1-c1cc(F)c(F)cc1N. The molecule has 6 heteroatoms. The van der Waals surface area contributed by atoms with Gasteiger partial charge in [-0.1, -0.05) is 0 Å². The molecule has 2 rings (SSSR count). The van der Waals surface area contributed by atoms with Gasteiger partial charge in [-0.25, -0.2) is 8.78 Å². The lowest BCUT2D eigenvalue weighted by Crippen LogP contribution is -1.99. The first-order chi connectivity index (χ1) is 7.09. The highest BCUT2D eigenvalue weighted by Gasteiger charge is 2.12. The summed E-state index contributed by atoms with van der Waals surface area (Å²) < 4.78 is 27.4. The Labute approximate surface area is 84.4 Å². The Kier molecular flexibility index (Phi) is 2.11. The van der Waals surface area contributed by atoms with Crippen LogP contribution in [-0.2, 0) is 7.05 Å². The van der Waals surface area contributed by atoms with Crippen LogP contribution in [0.1, 0.15) is 0 Å². The number of hydrogen-bond acceptors (Lipinski definition) is 3. The molecule has 78 valence electrons. The van der Waals surface area contributed by atoms with Gasteiger partial charge in [0, 0.05) is 24.4 Å². The van der Waals surface area contributed by atoms with Crippen LogP contribution in [0.3, 0.4) is 0 Å². The van der Waals surface area contributed by atoms with Crippen molar-refractivity contribution in [3.63, 3.8) is 0 Å². The van der Waals surface area contributed by atoms with Crippen molar-refractivity contribution in [3.8, 4) is 11.4 Å². The third-order valence-corrected chi connectivity index (χ3v) is 2.04. The van der Waals surface area contributed by atoms with Crippen molar-refractivity contribution in [1.29, 1.82) is 0 Å². The number of aromatic nitrogens is 3. The van der Waals surface area contributed by atoms with E-state index in [1.54, 1.807) is 11.6 Å².